The summed E-state index contributed by atoms with van der Waals surface area (Å²) < 4.78 is 1.68. The number of rotatable bonds is 4. The Bertz CT molecular complexity index is 1120. The molecule has 1 amide bonds. The molecule has 0 fully saturated rings. The van der Waals surface area contributed by atoms with Crippen LogP contribution in [0.1, 0.15) is 41.4 Å². The molecule has 1 aliphatic heterocycles. The van der Waals surface area contributed by atoms with Crippen LogP contribution in [0.5, 0.6) is 0 Å². The number of hydrogen-bond acceptors (Lipinski definition) is 4. The van der Waals surface area contributed by atoms with Crippen molar-refractivity contribution in [3.63, 3.8) is 0 Å². The third-order valence-electron chi connectivity index (χ3n) is 4.87. The lowest BCUT2D eigenvalue weighted by Crippen LogP contribution is -2.31. The molecule has 0 bridgehead atoms. The van der Waals surface area contributed by atoms with Crippen molar-refractivity contribution in [2.24, 2.45) is 4.99 Å². The molecule has 29 heavy (non-hydrogen) atoms. The van der Waals surface area contributed by atoms with Crippen molar-refractivity contribution in [1.82, 2.24) is 19.7 Å². The van der Waals surface area contributed by atoms with E-state index in [2.05, 4.69) is 10.1 Å². The highest BCUT2D eigenvalue weighted by molar-refractivity contribution is 6.36. The van der Waals surface area contributed by atoms with Crippen LogP contribution in [0.25, 0.3) is 5.69 Å². The minimum Gasteiger partial charge on any atom is -0.336 e. The van der Waals surface area contributed by atoms with Gasteiger partial charge in [-0.05, 0) is 38.1 Å². The molecule has 1 aliphatic rings. The van der Waals surface area contributed by atoms with E-state index in [1.807, 2.05) is 50.2 Å². The Hall–Kier alpha value is -2.70. The largest absolute Gasteiger partial charge is 0.336 e. The van der Waals surface area contributed by atoms with E-state index in [9.17, 15) is 4.79 Å². The highest BCUT2D eigenvalue weighted by Gasteiger charge is 2.26. The summed E-state index contributed by atoms with van der Waals surface area (Å²) in [5.74, 6) is 0.563. The van der Waals surface area contributed by atoms with Crippen molar-refractivity contribution < 1.29 is 4.79 Å². The second kappa shape index (κ2) is 7.97. The van der Waals surface area contributed by atoms with Crippen molar-refractivity contribution in [2.45, 2.75) is 20.4 Å². The average molecular weight is 428 g/mol. The van der Waals surface area contributed by atoms with Gasteiger partial charge in [-0.1, -0.05) is 41.4 Å². The summed E-state index contributed by atoms with van der Waals surface area (Å²) in [6.07, 6.45) is 0. The Labute approximate surface area is 178 Å². The Morgan fingerprint density at radius 3 is 2.59 bits per heavy atom. The molecule has 0 atom stereocenters. The molecule has 0 saturated carbocycles. The van der Waals surface area contributed by atoms with Gasteiger partial charge in [0.15, 0.2) is 5.82 Å². The van der Waals surface area contributed by atoms with Gasteiger partial charge in [-0.2, -0.15) is 0 Å². The predicted molar refractivity (Wildman–Crippen MR) is 114 cm³/mol. The van der Waals surface area contributed by atoms with Crippen LogP contribution in [-0.4, -0.2) is 44.4 Å². The van der Waals surface area contributed by atoms with Crippen LogP contribution < -0.4 is 0 Å². The number of aliphatic imine (C=N–C) groups is 1. The maximum Gasteiger partial charge on any atom is 0.293 e. The quantitative estimate of drug-likeness (QED) is 0.619. The third kappa shape index (κ3) is 3.54. The zero-order valence-electron chi connectivity index (χ0n) is 16.1. The van der Waals surface area contributed by atoms with Crippen LogP contribution >= 0.6 is 23.2 Å². The van der Waals surface area contributed by atoms with Gasteiger partial charge in [0.2, 0.25) is 5.82 Å². The first-order chi connectivity index (χ1) is 14.0. The van der Waals surface area contributed by atoms with Crippen molar-refractivity contribution in [3.05, 3.63) is 75.3 Å². The van der Waals surface area contributed by atoms with Crippen molar-refractivity contribution in [1.29, 1.82) is 0 Å². The lowest BCUT2D eigenvalue weighted by molar-refractivity contribution is 0.0761. The van der Waals surface area contributed by atoms with E-state index < -0.39 is 0 Å². The molecule has 0 radical (unpaired) electrons. The zero-order valence-corrected chi connectivity index (χ0v) is 17.6. The van der Waals surface area contributed by atoms with Crippen molar-refractivity contribution >= 4 is 34.8 Å². The molecular weight excluding hydrogens is 409 g/mol. The van der Waals surface area contributed by atoms with E-state index in [1.165, 1.54) is 0 Å². The van der Waals surface area contributed by atoms with E-state index in [-0.39, 0.29) is 18.3 Å². The molecule has 1 aromatic heterocycles. The van der Waals surface area contributed by atoms with Gasteiger partial charge in [0, 0.05) is 34.3 Å². The summed E-state index contributed by atoms with van der Waals surface area (Å²) in [7, 11) is 0. The van der Waals surface area contributed by atoms with E-state index in [4.69, 9.17) is 28.2 Å². The first kappa shape index (κ1) is 19.6. The summed E-state index contributed by atoms with van der Waals surface area (Å²) in [5, 5.41) is 5.69. The highest BCUT2D eigenvalue weighted by Crippen LogP contribution is 2.29. The summed E-state index contributed by atoms with van der Waals surface area (Å²) in [6, 6.07) is 13.0. The van der Waals surface area contributed by atoms with Gasteiger partial charge in [-0.3, -0.25) is 9.79 Å². The monoisotopic (exact) mass is 427 g/mol. The molecule has 8 heteroatoms. The smallest absolute Gasteiger partial charge is 0.293 e. The maximum atomic E-state index is 12.7. The molecule has 0 saturated heterocycles. The van der Waals surface area contributed by atoms with E-state index in [0.717, 1.165) is 22.5 Å². The number of carbonyl (C=O) groups is 1. The Kier molecular flexibility index (Phi) is 5.39. The van der Waals surface area contributed by atoms with Crippen LogP contribution in [0.15, 0.2) is 47.5 Å². The Morgan fingerprint density at radius 1 is 1.10 bits per heavy atom. The summed E-state index contributed by atoms with van der Waals surface area (Å²) in [4.78, 5) is 23.7. The fourth-order valence-electron chi connectivity index (χ4n) is 3.38. The predicted octanol–water partition coefficient (Wildman–Crippen LogP) is 4.41. The number of hydrogen-bond donors (Lipinski definition) is 0. The molecule has 4 rings (SSSR count). The normalized spacial score (nSPS) is 12.6. The third-order valence-corrected chi connectivity index (χ3v) is 5.43. The molecule has 2 aromatic carbocycles. The van der Waals surface area contributed by atoms with Crippen LogP contribution in [-0.2, 0) is 6.54 Å². The number of fused-ring (bicyclic) bond motifs is 3. The topological polar surface area (TPSA) is 63.4 Å². The number of halogens is 2. The standard InChI is InChI=1S/C21H19Cl2N5O/c1-3-27(4-2)21(29)20-25-18-12-24-19(14-7-5-6-8-16(14)23)15-11-13(22)9-10-17(15)28(18)26-20/h5-11H,3-4,12H2,1-2H3. The fraction of sp³-hybridized carbons (Fsp3) is 0.238. The lowest BCUT2D eigenvalue weighted by Gasteiger charge is -2.16. The van der Waals surface area contributed by atoms with E-state index in [1.54, 1.807) is 15.6 Å². The molecule has 0 aliphatic carbocycles. The second-order valence-corrected chi connectivity index (χ2v) is 7.39. The van der Waals surface area contributed by atoms with E-state index in [0.29, 0.717) is 29.0 Å². The van der Waals surface area contributed by atoms with Crippen LogP contribution in [0.4, 0.5) is 0 Å². The average Bonchev–Trinajstić information content (AvgIpc) is 3.08. The summed E-state index contributed by atoms with van der Waals surface area (Å²) in [6.45, 7) is 5.33. The lowest BCUT2D eigenvalue weighted by atomic mass is 10.0. The number of carbonyl (C=O) groups excluding carboxylic acids is 1. The Balaban J connectivity index is 1.87. The minimum absolute atomic E-state index is 0.168. The van der Waals surface area contributed by atoms with Gasteiger partial charge in [0.1, 0.15) is 0 Å². The molecule has 6 nitrogen and oxygen atoms in total. The van der Waals surface area contributed by atoms with Crippen LogP contribution in [0, 0.1) is 0 Å². The van der Waals surface area contributed by atoms with Gasteiger partial charge in [0.05, 0.1) is 17.9 Å². The summed E-state index contributed by atoms with van der Waals surface area (Å²) >= 11 is 12.7. The molecule has 2 heterocycles. The maximum absolute atomic E-state index is 12.7. The highest BCUT2D eigenvalue weighted by atomic mass is 35.5. The first-order valence-electron chi connectivity index (χ1n) is 9.38. The zero-order chi connectivity index (χ0) is 20.5. The molecule has 0 N–H and O–H groups in total. The number of nitrogens with zero attached hydrogens (tertiary/aromatic N) is 5. The minimum atomic E-state index is -0.193. The van der Waals surface area contributed by atoms with Gasteiger partial charge in [-0.15, -0.1) is 5.10 Å². The second-order valence-electron chi connectivity index (χ2n) is 6.55. The molecule has 148 valence electrons. The van der Waals surface area contributed by atoms with Gasteiger partial charge >= 0.3 is 0 Å². The number of amides is 1. The van der Waals surface area contributed by atoms with Crippen LogP contribution in [0.2, 0.25) is 10.0 Å². The summed E-state index contributed by atoms with van der Waals surface area (Å²) in [5.41, 5.74) is 3.07. The van der Waals surface area contributed by atoms with E-state index >= 15 is 0 Å². The SMILES string of the molecule is CCN(CC)C(=O)c1nc2n(n1)-c1ccc(Cl)cc1C(c1ccccc1Cl)=NC2. The van der Waals surface area contributed by atoms with Gasteiger partial charge in [0.25, 0.3) is 5.91 Å². The van der Waals surface area contributed by atoms with Crippen LogP contribution in [0.3, 0.4) is 0 Å². The van der Waals surface area contributed by atoms with Crippen molar-refractivity contribution in [3.8, 4) is 5.69 Å². The first-order valence-corrected chi connectivity index (χ1v) is 10.1. The Morgan fingerprint density at radius 2 is 1.86 bits per heavy atom. The molecular formula is C21H19Cl2N5O. The molecule has 3 aromatic rings. The van der Waals surface area contributed by atoms with Gasteiger partial charge < -0.3 is 4.90 Å². The molecule has 0 unspecified atom stereocenters. The number of aromatic nitrogens is 3. The number of benzene rings is 2. The fourth-order valence-corrected chi connectivity index (χ4v) is 3.78. The van der Waals surface area contributed by atoms with Gasteiger partial charge in [-0.25, -0.2) is 9.67 Å². The molecule has 0 spiro atoms. The van der Waals surface area contributed by atoms with Crippen molar-refractivity contribution in [2.75, 3.05) is 13.1 Å².